The first-order valence-corrected chi connectivity index (χ1v) is 6.90. The van der Waals surface area contributed by atoms with Gasteiger partial charge in [0, 0.05) is 6.04 Å². The van der Waals surface area contributed by atoms with Gasteiger partial charge in [-0.2, -0.15) is 0 Å². The van der Waals surface area contributed by atoms with Crippen LogP contribution in [0.5, 0.6) is 0 Å². The van der Waals surface area contributed by atoms with Crippen LogP contribution in [0.1, 0.15) is 49.9 Å². The Balaban J connectivity index is 2.25. The predicted molar refractivity (Wildman–Crippen MR) is 77.4 cm³/mol. The summed E-state index contributed by atoms with van der Waals surface area (Å²) in [5.74, 6) is -2.07. The molecule has 0 saturated heterocycles. The van der Waals surface area contributed by atoms with Gasteiger partial charge in [-0.05, 0) is 30.4 Å². The molecule has 1 atom stereocenters. The number of aromatic carboxylic acids is 1. The molecule has 0 amide bonds. The van der Waals surface area contributed by atoms with E-state index in [4.69, 9.17) is 10.8 Å². The molecule has 1 saturated carbocycles. The van der Waals surface area contributed by atoms with Gasteiger partial charge in [-0.25, -0.2) is 9.18 Å². The Kier molecular flexibility index (Phi) is 3.88. The lowest BCUT2D eigenvalue weighted by molar-refractivity contribution is 0.0692. The molecule has 4 N–H and O–H groups in total. The van der Waals surface area contributed by atoms with Crippen molar-refractivity contribution in [3.8, 4) is 0 Å². The smallest absolute Gasteiger partial charge is 0.338 e. The van der Waals surface area contributed by atoms with E-state index < -0.39 is 17.3 Å². The van der Waals surface area contributed by atoms with E-state index in [9.17, 15) is 9.18 Å². The zero-order chi connectivity index (χ0) is 14.9. The second-order valence-corrected chi connectivity index (χ2v) is 6.16. The van der Waals surface area contributed by atoms with E-state index in [2.05, 4.69) is 19.2 Å². The molecule has 0 aliphatic heterocycles. The molecule has 0 aromatic heterocycles. The zero-order valence-corrected chi connectivity index (χ0v) is 11.9. The number of benzene rings is 1. The Bertz CT molecular complexity index is 529. The van der Waals surface area contributed by atoms with Gasteiger partial charge in [-0.15, -0.1) is 0 Å². The van der Waals surface area contributed by atoms with Crippen LogP contribution in [0.4, 0.5) is 15.8 Å². The van der Waals surface area contributed by atoms with Crippen LogP contribution in [0.3, 0.4) is 0 Å². The van der Waals surface area contributed by atoms with E-state index in [1.807, 2.05) is 0 Å². The Morgan fingerprint density at radius 2 is 2.15 bits per heavy atom. The summed E-state index contributed by atoms with van der Waals surface area (Å²) >= 11 is 0. The van der Waals surface area contributed by atoms with Crippen LogP contribution in [0, 0.1) is 11.2 Å². The molecule has 1 fully saturated rings. The highest BCUT2D eigenvalue weighted by molar-refractivity contribution is 5.90. The Hall–Kier alpha value is -1.78. The summed E-state index contributed by atoms with van der Waals surface area (Å²) in [6.45, 7) is 4.37. The van der Waals surface area contributed by atoms with E-state index in [0.717, 1.165) is 19.3 Å². The maximum Gasteiger partial charge on any atom is 0.338 e. The summed E-state index contributed by atoms with van der Waals surface area (Å²) in [6, 6.07) is 2.58. The fourth-order valence-corrected chi connectivity index (χ4v) is 2.83. The molecule has 1 aliphatic rings. The standard InChI is InChI=1S/C15H21FN2O2/c1-15(2)6-4-3-5-13(15)18-12-8-10(16)9(14(19)20)7-11(12)17/h7-8,13,18H,3-6,17H2,1-2H3,(H,19,20). The number of halogens is 1. The molecule has 4 nitrogen and oxygen atoms in total. The third-order valence-corrected chi connectivity index (χ3v) is 4.21. The van der Waals surface area contributed by atoms with Crippen LogP contribution in [-0.2, 0) is 0 Å². The Morgan fingerprint density at radius 1 is 1.45 bits per heavy atom. The first-order valence-electron chi connectivity index (χ1n) is 6.90. The molecular formula is C15H21FN2O2. The topological polar surface area (TPSA) is 75.3 Å². The van der Waals surface area contributed by atoms with Gasteiger partial charge in [0.2, 0.25) is 0 Å². The van der Waals surface area contributed by atoms with Crippen molar-refractivity contribution in [1.82, 2.24) is 0 Å². The monoisotopic (exact) mass is 280 g/mol. The minimum atomic E-state index is -1.31. The molecule has 0 heterocycles. The number of nitrogen functional groups attached to an aromatic ring is 1. The van der Waals surface area contributed by atoms with Crippen molar-refractivity contribution in [3.05, 3.63) is 23.5 Å². The first kappa shape index (κ1) is 14.6. The lowest BCUT2D eigenvalue weighted by atomic mass is 9.73. The van der Waals surface area contributed by atoms with Gasteiger partial charge in [0.1, 0.15) is 5.82 Å². The average molecular weight is 280 g/mol. The van der Waals surface area contributed by atoms with Crippen LogP contribution < -0.4 is 11.1 Å². The predicted octanol–water partition coefficient (Wildman–Crippen LogP) is 3.49. The third-order valence-electron chi connectivity index (χ3n) is 4.21. The van der Waals surface area contributed by atoms with Gasteiger partial charge in [0.25, 0.3) is 0 Å². The number of hydrogen-bond donors (Lipinski definition) is 3. The van der Waals surface area contributed by atoms with Crippen LogP contribution >= 0.6 is 0 Å². The first-order chi connectivity index (χ1) is 9.31. The van der Waals surface area contributed by atoms with E-state index >= 15 is 0 Å². The molecule has 110 valence electrons. The fourth-order valence-electron chi connectivity index (χ4n) is 2.83. The minimum absolute atomic E-state index is 0.118. The number of rotatable bonds is 3. The molecule has 1 unspecified atom stereocenters. The lowest BCUT2D eigenvalue weighted by Crippen LogP contribution is -2.39. The van der Waals surface area contributed by atoms with E-state index in [1.165, 1.54) is 18.6 Å². The normalized spacial score (nSPS) is 21.4. The number of carboxylic acid groups (broad SMARTS) is 1. The van der Waals surface area contributed by atoms with Crippen LogP contribution in [0.25, 0.3) is 0 Å². The summed E-state index contributed by atoms with van der Waals surface area (Å²) in [7, 11) is 0. The zero-order valence-electron chi connectivity index (χ0n) is 11.9. The highest BCUT2D eigenvalue weighted by Crippen LogP contribution is 2.38. The van der Waals surface area contributed by atoms with Gasteiger partial charge in [-0.1, -0.05) is 26.7 Å². The van der Waals surface area contributed by atoms with Gasteiger partial charge < -0.3 is 16.2 Å². The van der Waals surface area contributed by atoms with Crippen molar-refractivity contribution in [2.45, 2.75) is 45.6 Å². The van der Waals surface area contributed by atoms with Gasteiger partial charge >= 0.3 is 5.97 Å². The molecule has 1 aliphatic carbocycles. The Labute approximate surface area is 118 Å². The highest BCUT2D eigenvalue weighted by Gasteiger charge is 2.32. The van der Waals surface area contributed by atoms with Crippen LogP contribution in [0.2, 0.25) is 0 Å². The van der Waals surface area contributed by atoms with Crippen molar-refractivity contribution in [3.63, 3.8) is 0 Å². The quantitative estimate of drug-likeness (QED) is 0.741. The van der Waals surface area contributed by atoms with E-state index in [1.54, 1.807) is 0 Å². The van der Waals surface area contributed by atoms with Gasteiger partial charge in [-0.3, -0.25) is 0 Å². The number of hydrogen-bond acceptors (Lipinski definition) is 3. The van der Waals surface area contributed by atoms with Crippen molar-refractivity contribution < 1.29 is 14.3 Å². The van der Waals surface area contributed by atoms with E-state index in [-0.39, 0.29) is 17.1 Å². The third kappa shape index (κ3) is 2.86. The van der Waals surface area contributed by atoms with Crippen molar-refractivity contribution in [2.75, 3.05) is 11.1 Å². The highest BCUT2D eigenvalue weighted by atomic mass is 19.1. The second-order valence-electron chi connectivity index (χ2n) is 6.16. The maximum atomic E-state index is 13.8. The largest absolute Gasteiger partial charge is 0.478 e. The second kappa shape index (κ2) is 5.31. The molecule has 1 aromatic rings. The molecule has 20 heavy (non-hydrogen) atoms. The summed E-state index contributed by atoms with van der Waals surface area (Å²) in [6.07, 6.45) is 4.46. The van der Waals surface area contributed by atoms with Crippen LogP contribution in [-0.4, -0.2) is 17.1 Å². The molecule has 2 rings (SSSR count). The summed E-state index contributed by atoms with van der Waals surface area (Å²) in [5, 5.41) is 12.2. The fraction of sp³-hybridized carbons (Fsp3) is 0.533. The molecule has 0 spiro atoms. The molecule has 0 bridgehead atoms. The molecular weight excluding hydrogens is 259 g/mol. The lowest BCUT2D eigenvalue weighted by Gasteiger charge is -2.39. The average Bonchev–Trinajstić information content (AvgIpc) is 2.35. The maximum absolute atomic E-state index is 13.8. The number of carbonyl (C=O) groups is 1. The number of nitrogens with one attached hydrogen (secondary N) is 1. The number of nitrogens with two attached hydrogens (primary N) is 1. The number of carboxylic acids is 1. The minimum Gasteiger partial charge on any atom is -0.478 e. The van der Waals surface area contributed by atoms with Gasteiger partial charge in [0.05, 0.1) is 16.9 Å². The van der Waals surface area contributed by atoms with Crippen molar-refractivity contribution in [1.29, 1.82) is 0 Å². The summed E-state index contributed by atoms with van der Waals surface area (Å²) in [5.41, 5.74) is 6.31. The number of anilines is 2. The van der Waals surface area contributed by atoms with Crippen molar-refractivity contribution >= 4 is 17.3 Å². The molecule has 0 radical (unpaired) electrons. The van der Waals surface area contributed by atoms with E-state index in [0.29, 0.717) is 5.69 Å². The SMILES string of the molecule is CC1(C)CCCCC1Nc1cc(F)c(C(=O)O)cc1N. The van der Waals surface area contributed by atoms with Crippen molar-refractivity contribution in [2.24, 2.45) is 5.41 Å². The molecule has 5 heteroatoms. The summed E-state index contributed by atoms with van der Waals surface area (Å²) < 4.78 is 13.8. The molecule has 1 aromatic carbocycles. The summed E-state index contributed by atoms with van der Waals surface area (Å²) in [4.78, 5) is 10.9. The Morgan fingerprint density at radius 3 is 2.75 bits per heavy atom. The van der Waals surface area contributed by atoms with Crippen LogP contribution in [0.15, 0.2) is 12.1 Å². The van der Waals surface area contributed by atoms with Gasteiger partial charge in [0.15, 0.2) is 0 Å².